The third-order valence-corrected chi connectivity index (χ3v) is 13.9. The average molecular weight is 846 g/mol. The van der Waals surface area contributed by atoms with Crippen molar-refractivity contribution in [3.05, 3.63) is 236 Å². The molecule has 0 aliphatic heterocycles. The first kappa shape index (κ1) is 38.1. The van der Waals surface area contributed by atoms with E-state index >= 15 is 0 Å². The van der Waals surface area contributed by atoms with Crippen molar-refractivity contribution in [2.24, 2.45) is 0 Å². The van der Waals surface area contributed by atoms with E-state index < -0.39 is 0 Å². The minimum atomic E-state index is -0.0950. The summed E-state index contributed by atoms with van der Waals surface area (Å²) in [5, 5.41) is 4.53. The van der Waals surface area contributed by atoms with Crippen molar-refractivity contribution >= 4 is 60.9 Å². The number of fused-ring (bicyclic) bond motifs is 9. The van der Waals surface area contributed by atoms with Gasteiger partial charge in [-0.3, -0.25) is 0 Å². The average Bonchev–Trinajstić information content (AvgIpc) is 4.02. The lowest BCUT2D eigenvalue weighted by atomic mass is 9.81. The van der Waals surface area contributed by atoms with E-state index in [1.165, 1.54) is 44.5 Å². The van der Waals surface area contributed by atoms with Crippen molar-refractivity contribution < 1.29 is 8.83 Å². The molecule has 3 heteroatoms. The molecule has 12 aromatic rings. The van der Waals surface area contributed by atoms with Crippen molar-refractivity contribution in [3.8, 4) is 55.6 Å². The highest BCUT2D eigenvalue weighted by Crippen LogP contribution is 2.51. The highest BCUT2D eigenvalue weighted by atomic mass is 16.3. The van der Waals surface area contributed by atoms with Crippen molar-refractivity contribution in [2.75, 3.05) is 4.90 Å². The van der Waals surface area contributed by atoms with Crippen LogP contribution in [0.4, 0.5) is 17.1 Å². The Labute approximate surface area is 383 Å². The quantitative estimate of drug-likeness (QED) is 0.160. The van der Waals surface area contributed by atoms with Gasteiger partial charge in [0, 0.05) is 49.6 Å². The molecule has 13 rings (SSSR count). The van der Waals surface area contributed by atoms with Crippen LogP contribution in [0.15, 0.2) is 233 Å². The summed E-state index contributed by atoms with van der Waals surface area (Å²) in [6, 6.07) is 80.9. The van der Waals surface area contributed by atoms with E-state index in [-0.39, 0.29) is 5.41 Å². The van der Waals surface area contributed by atoms with E-state index in [0.717, 1.165) is 83.2 Å². The summed E-state index contributed by atoms with van der Waals surface area (Å²) in [7, 11) is 0. The fourth-order valence-electron chi connectivity index (χ4n) is 10.5. The lowest BCUT2D eigenvalue weighted by molar-refractivity contribution is 0.660. The maximum Gasteiger partial charge on any atom is 0.143 e. The van der Waals surface area contributed by atoms with E-state index in [4.69, 9.17) is 8.83 Å². The van der Waals surface area contributed by atoms with Gasteiger partial charge >= 0.3 is 0 Å². The fraction of sp³-hybridized carbons (Fsp3) is 0.0476. The van der Waals surface area contributed by atoms with Crippen LogP contribution in [0.5, 0.6) is 0 Å². The van der Waals surface area contributed by atoms with Gasteiger partial charge in [-0.15, -0.1) is 0 Å². The lowest BCUT2D eigenvalue weighted by Gasteiger charge is -2.26. The number of anilines is 3. The van der Waals surface area contributed by atoms with Gasteiger partial charge in [0.1, 0.15) is 22.3 Å². The predicted molar refractivity (Wildman–Crippen MR) is 275 cm³/mol. The molecule has 10 aromatic carbocycles. The van der Waals surface area contributed by atoms with E-state index in [2.05, 4.69) is 219 Å². The Hall–Kier alpha value is -8.40. The molecular formula is C63H43NO2. The largest absolute Gasteiger partial charge is 0.456 e. The Bertz CT molecular complexity index is 3820. The van der Waals surface area contributed by atoms with Crippen LogP contribution in [-0.2, 0) is 5.41 Å². The lowest BCUT2D eigenvalue weighted by Crippen LogP contribution is -2.15. The third kappa shape index (κ3) is 6.12. The van der Waals surface area contributed by atoms with Crippen molar-refractivity contribution in [2.45, 2.75) is 19.3 Å². The summed E-state index contributed by atoms with van der Waals surface area (Å²) in [4.78, 5) is 2.34. The first-order valence-electron chi connectivity index (χ1n) is 22.7. The number of nitrogens with zero attached hydrogens (tertiary/aromatic N) is 1. The van der Waals surface area contributed by atoms with E-state index in [1.807, 2.05) is 24.3 Å². The molecule has 0 amide bonds. The van der Waals surface area contributed by atoms with E-state index in [0.29, 0.717) is 0 Å². The van der Waals surface area contributed by atoms with Crippen LogP contribution in [0.3, 0.4) is 0 Å². The maximum atomic E-state index is 6.45. The van der Waals surface area contributed by atoms with E-state index in [1.54, 1.807) is 0 Å². The monoisotopic (exact) mass is 845 g/mol. The zero-order valence-electron chi connectivity index (χ0n) is 36.6. The van der Waals surface area contributed by atoms with Crippen molar-refractivity contribution in [1.82, 2.24) is 0 Å². The molecule has 1 aliphatic rings. The molecule has 0 atom stereocenters. The minimum Gasteiger partial charge on any atom is -0.456 e. The van der Waals surface area contributed by atoms with E-state index in [9.17, 15) is 0 Å². The normalized spacial score (nSPS) is 12.8. The second-order valence-electron chi connectivity index (χ2n) is 18.1. The zero-order chi connectivity index (χ0) is 43.9. The summed E-state index contributed by atoms with van der Waals surface area (Å²) in [5.74, 6) is 0. The van der Waals surface area contributed by atoms with Crippen LogP contribution in [-0.4, -0.2) is 0 Å². The summed E-state index contributed by atoms with van der Waals surface area (Å²) in [6.45, 7) is 4.71. The van der Waals surface area contributed by atoms with Crippen LogP contribution in [0, 0.1) is 0 Å². The Morgan fingerprint density at radius 1 is 0.303 bits per heavy atom. The Balaban J connectivity index is 0.865. The van der Waals surface area contributed by atoms with Gasteiger partial charge in [-0.05, 0) is 134 Å². The van der Waals surface area contributed by atoms with Gasteiger partial charge in [0.25, 0.3) is 0 Å². The number of hydrogen-bond donors (Lipinski definition) is 0. The summed E-state index contributed by atoms with van der Waals surface area (Å²) in [6.07, 6.45) is 0. The maximum absolute atomic E-state index is 6.45. The number of rotatable bonds is 7. The minimum absolute atomic E-state index is 0.0950. The van der Waals surface area contributed by atoms with Gasteiger partial charge in [0.2, 0.25) is 0 Å². The molecule has 0 saturated carbocycles. The van der Waals surface area contributed by atoms with Gasteiger partial charge in [-0.2, -0.15) is 0 Å². The molecule has 2 heterocycles. The SMILES string of the molecule is CC1(C)c2ccc(-c3ccc(N(c4ccc(-c5ccc6c(c5)oc5ccccc56)cc4)c4ccc(-c5cccc6c5oc5ccccc56)cc4)cc3)cc2-c2ccc(-c3ccccc3)cc21. The molecule has 1 aliphatic carbocycles. The number of benzene rings is 10. The Morgan fingerprint density at radius 3 is 1.50 bits per heavy atom. The van der Waals surface area contributed by atoms with Crippen molar-refractivity contribution in [1.29, 1.82) is 0 Å². The number of para-hydroxylation sites is 3. The first-order chi connectivity index (χ1) is 32.4. The zero-order valence-corrected chi connectivity index (χ0v) is 36.6. The van der Waals surface area contributed by atoms with Crippen LogP contribution in [0.1, 0.15) is 25.0 Å². The molecule has 66 heavy (non-hydrogen) atoms. The third-order valence-electron chi connectivity index (χ3n) is 13.9. The Kier molecular flexibility index (Phi) is 8.56. The molecule has 3 nitrogen and oxygen atoms in total. The van der Waals surface area contributed by atoms with Crippen LogP contribution in [0.2, 0.25) is 0 Å². The van der Waals surface area contributed by atoms with Gasteiger partial charge in [0.15, 0.2) is 0 Å². The molecule has 0 fully saturated rings. The molecule has 2 aromatic heterocycles. The topological polar surface area (TPSA) is 29.5 Å². The Morgan fingerprint density at radius 2 is 0.803 bits per heavy atom. The summed E-state index contributed by atoms with van der Waals surface area (Å²) >= 11 is 0. The summed E-state index contributed by atoms with van der Waals surface area (Å²) < 4.78 is 12.7. The highest BCUT2D eigenvalue weighted by molar-refractivity contribution is 6.10. The predicted octanol–water partition coefficient (Wildman–Crippen LogP) is 17.9. The first-order valence-corrected chi connectivity index (χ1v) is 22.7. The molecule has 312 valence electrons. The molecule has 0 radical (unpaired) electrons. The fourth-order valence-corrected chi connectivity index (χ4v) is 10.5. The molecular weight excluding hydrogens is 803 g/mol. The number of furan rings is 2. The van der Waals surface area contributed by atoms with Crippen LogP contribution < -0.4 is 4.90 Å². The molecule has 0 N–H and O–H groups in total. The van der Waals surface area contributed by atoms with Gasteiger partial charge in [-0.1, -0.05) is 166 Å². The standard InChI is InChI=1S/C63H43NO2/c1-63(2)57-36-27-44(37-56(57)51-34-25-45(38-58(51)63)40-11-4-3-5-12-40)41-19-28-47(29-20-41)64(48-30-21-42(22-31-48)46-26-35-54-52-13-6-8-17-59(52)65-61(54)39-46)49-32-23-43(24-33-49)50-15-10-16-55-53-14-7-9-18-60(53)66-62(50)55/h3-39H,1-2H3. The summed E-state index contributed by atoms with van der Waals surface area (Å²) in [5.41, 5.74) is 21.4. The second kappa shape index (κ2) is 14.8. The molecule has 0 saturated heterocycles. The second-order valence-corrected chi connectivity index (χ2v) is 18.1. The van der Waals surface area contributed by atoms with Gasteiger partial charge in [0.05, 0.1) is 0 Å². The van der Waals surface area contributed by atoms with Gasteiger partial charge < -0.3 is 13.7 Å². The van der Waals surface area contributed by atoms with Gasteiger partial charge in [-0.25, -0.2) is 0 Å². The van der Waals surface area contributed by atoms with Crippen molar-refractivity contribution in [3.63, 3.8) is 0 Å². The molecule has 0 bridgehead atoms. The van der Waals surface area contributed by atoms with Crippen LogP contribution in [0.25, 0.3) is 99.5 Å². The molecule has 0 unspecified atom stereocenters. The smallest absolute Gasteiger partial charge is 0.143 e. The van der Waals surface area contributed by atoms with Crippen LogP contribution >= 0.6 is 0 Å². The number of hydrogen-bond acceptors (Lipinski definition) is 3. The molecule has 0 spiro atoms. The highest BCUT2D eigenvalue weighted by Gasteiger charge is 2.36.